The lowest BCUT2D eigenvalue weighted by atomic mass is 10.0. The second-order valence-corrected chi connectivity index (χ2v) is 9.44. The molecule has 4 N–H and O–H groups in total. The molecular formula is C27H27F3N8O. The first-order chi connectivity index (χ1) is 18.7. The quantitative estimate of drug-likeness (QED) is 0.253. The Morgan fingerprint density at radius 2 is 1.90 bits per heavy atom. The molecule has 4 aromatic rings. The first-order valence-electron chi connectivity index (χ1n) is 12.4. The topological polar surface area (TPSA) is 109 Å². The van der Waals surface area contributed by atoms with Crippen LogP contribution in [0.5, 0.6) is 0 Å². The van der Waals surface area contributed by atoms with Gasteiger partial charge in [-0.3, -0.25) is 4.79 Å². The number of hydrogen-bond donors (Lipinski definition) is 4. The van der Waals surface area contributed by atoms with Gasteiger partial charge in [0.2, 0.25) is 0 Å². The van der Waals surface area contributed by atoms with Gasteiger partial charge in [0, 0.05) is 54.6 Å². The molecule has 9 nitrogen and oxygen atoms in total. The molecule has 3 heterocycles. The van der Waals surface area contributed by atoms with Gasteiger partial charge in [0.15, 0.2) is 5.82 Å². The molecule has 39 heavy (non-hydrogen) atoms. The summed E-state index contributed by atoms with van der Waals surface area (Å²) in [5.74, 6) is 1.83. The van der Waals surface area contributed by atoms with Crippen LogP contribution < -0.4 is 21.3 Å². The number of alkyl halides is 3. The number of carbonyl (C=O) groups excluding carboxylic acids is 1. The van der Waals surface area contributed by atoms with E-state index >= 15 is 0 Å². The molecule has 12 heteroatoms. The number of amides is 1. The molecule has 1 fully saturated rings. The van der Waals surface area contributed by atoms with Gasteiger partial charge < -0.3 is 21.3 Å². The molecule has 0 radical (unpaired) electrons. The van der Waals surface area contributed by atoms with E-state index in [4.69, 9.17) is 0 Å². The minimum absolute atomic E-state index is 0.0876. The highest BCUT2D eigenvalue weighted by Gasteiger charge is 2.31. The highest BCUT2D eigenvalue weighted by molar-refractivity contribution is 6.04. The van der Waals surface area contributed by atoms with Crippen LogP contribution >= 0.6 is 0 Å². The van der Waals surface area contributed by atoms with Gasteiger partial charge in [0.05, 0.1) is 11.3 Å². The summed E-state index contributed by atoms with van der Waals surface area (Å²) in [6.07, 6.45) is -3.06. The minimum Gasteiger partial charge on any atom is -0.370 e. The molecule has 0 unspecified atom stereocenters. The van der Waals surface area contributed by atoms with Crippen molar-refractivity contribution in [3.63, 3.8) is 0 Å². The molecular weight excluding hydrogens is 509 g/mol. The van der Waals surface area contributed by atoms with Crippen molar-refractivity contribution in [2.45, 2.75) is 20.0 Å². The van der Waals surface area contributed by atoms with Crippen LogP contribution in [-0.4, -0.2) is 45.3 Å². The number of benzene rings is 2. The average molecular weight is 537 g/mol. The van der Waals surface area contributed by atoms with E-state index in [0.29, 0.717) is 34.7 Å². The molecule has 2 aromatic heterocycles. The largest absolute Gasteiger partial charge is 0.416 e. The van der Waals surface area contributed by atoms with Crippen LogP contribution in [0.15, 0.2) is 60.9 Å². The summed E-state index contributed by atoms with van der Waals surface area (Å²) in [5, 5.41) is 17.2. The van der Waals surface area contributed by atoms with Crippen LogP contribution in [0, 0.1) is 19.8 Å². The number of rotatable bonds is 8. The van der Waals surface area contributed by atoms with Crippen LogP contribution in [-0.2, 0) is 6.18 Å². The third-order valence-corrected chi connectivity index (χ3v) is 6.35. The van der Waals surface area contributed by atoms with Gasteiger partial charge in [0.25, 0.3) is 5.91 Å². The van der Waals surface area contributed by atoms with E-state index in [0.717, 1.165) is 43.0 Å². The van der Waals surface area contributed by atoms with E-state index in [1.54, 1.807) is 22.9 Å². The molecule has 0 atom stereocenters. The Hall–Kier alpha value is -4.45. The van der Waals surface area contributed by atoms with Gasteiger partial charge in [-0.2, -0.15) is 23.0 Å². The fraction of sp³-hybridized carbons (Fsp3) is 0.259. The highest BCUT2D eigenvalue weighted by atomic mass is 19.4. The summed E-state index contributed by atoms with van der Waals surface area (Å²) in [6.45, 7) is 6.54. The number of carbonyl (C=O) groups is 1. The molecule has 1 saturated heterocycles. The van der Waals surface area contributed by atoms with E-state index in [1.807, 2.05) is 26.0 Å². The number of halogens is 3. The maximum atomic E-state index is 13.1. The molecule has 0 spiro atoms. The van der Waals surface area contributed by atoms with Crippen LogP contribution in [0.25, 0.3) is 5.82 Å². The Morgan fingerprint density at radius 3 is 2.64 bits per heavy atom. The van der Waals surface area contributed by atoms with Gasteiger partial charge >= 0.3 is 6.18 Å². The van der Waals surface area contributed by atoms with Crippen molar-refractivity contribution in [1.29, 1.82) is 0 Å². The zero-order valence-corrected chi connectivity index (χ0v) is 21.3. The maximum absolute atomic E-state index is 13.1. The van der Waals surface area contributed by atoms with Gasteiger partial charge in [-0.05, 0) is 49.7 Å². The number of aryl methyl sites for hydroxylation is 2. The van der Waals surface area contributed by atoms with Crippen molar-refractivity contribution in [2.75, 3.05) is 35.6 Å². The number of hydrogen-bond acceptors (Lipinski definition) is 7. The van der Waals surface area contributed by atoms with Crippen molar-refractivity contribution in [3.05, 3.63) is 83.3 Å². The predicted octanol–water partition coefficient (Wildman–Crippen LogP) is 4.93. The summed E-state index contributed by atoms with van der Waals surface area (Å²) >= 11 is 0. The average Bonchev–Trinajstić information content (AvgIpc) is 3.25. The highest BCUT2D eigenvalue weighted by Crippen LogP contribution is 2.30. The standard InChI is InChI=1S/C27H27F3N8O/c1-16-6-7-21(35-26(39)19-4-3-5-20(9-19)27(28,29)30)10-22(16)36-25-8-17(2)37-38(25)24-11-23(33-15-34-24)32-14-18-12-31-13-18/h3-11,15,18,31,36H,12-14H2,1-2H3,(H,35,39)(H,32,33,34). The summed E-state index contributed by atoms with van der Waals surface area (Å²) in [7, 11) is 0. The third-order valence-electron chi connectivity index (χ3n) is 6.35. The van der Waals surface area contributed by atoms with Crippen LogP contribution in [0.3, 0.4) is 0 Å². The number of nitrogens with one attached hydrogen (secondary N) is 4. The van der Waals surface area contributed by atoms with Crippen molar-refractivity contribution in [3.8, 4) is 5.82 Å². The zero-order valence-electron chi connectivity index (χ0n) is 21.3. The Kier molecular flexibility index (Phi) is 7.20. The van der Waals surface area contributed by atoms with Crippen molar-refractivity contribution in [2.24, 2.45) is 5.92 Å². The lowest BCUT2D eigenvalue weighted by molar-refractivity contribution is -0.137. The van der Waals surface area contributed by atoms with Crippen LogP contribution in [0.4, 0.5) is 36.2 Å². The minimum atomic E-state index is -4.53. The molecule has 0 aliphatic carbocycles. The second-order valence-electron chi connectivity index (χ2n) is 9.44. The zero-order chi connectivity index (χ0) is 27.6. The van der Waals surface area contributed by atoms with Crippen LogP contribution in [0.1, 0.15) is 27.2 Å². The Morgan fingerprint density at radius 1 is 1.08 bits per heavy atom. The lowest BCUT2D eigenvalue weighted by Crippen LogP contribution is -2.45. The fourth-order valence-corrected chi connectivity index (χ4v) is 4.08. The molecule has 1 aliphatic heterocycles. The number of nitrogens with zero attached hydrogens (tertiary/aromatic N) is 4. The van der Waals surface area contributed by atoms with E-state index in [2.05, 4.69) is 36.3 Å². The Balaban J connectivity index is 1.34. The molecule has 1 aliphatic rings. The van der Waals surface area contributed by atoms with E-state index in [9.17, 15) is 18.0 Å². The van der Waals surface area contributed by atoms with Gasteiger partial charge in [-0.15, -0.1) is 0 Å². The third kappa shape index (κ3) is 6.17. The molecule has 0 bridgehead atoms. The fourth-order valence-electron chi connectivity index (χ4n) is 4.08. The Labute approximate surface area is 222 Å². The van der Waals surface area contributed by atoms with Crippen molar-refractivity contribution >= 4 is 28.9 Å². The first kappa shape index (κ1) is 26.2. The lowest BCUT2D eigenvalue weighted by Gasteiger charge is -2.27. The monoisotopic (exact) mass is 536 g/mol. The first-order valence-corrected chi connectivity index (χ1v) is 12.4. The van der Waals surface area contributed by atoms with Crippen molar-refractivity contribution in [1.82, 2.24) is 25.1 Å². The number of aromatic nitrogens is 4. The SMILES string of the molecule is Cc1cc(Nc2cc(NC(=O)c3cccc(C(F)(F)F)c3)ccc2C)n(-c2cc(NCC3CNC3)ncn2)n1. The second kappa shape index (κ2) is 10.7. The van der Waals surface area contributed by atoms with Crippen molar-refractivity contribution < 1.29 is 18.0 Å². The molecule has 202 valence electrons. The summed E-state index contributed by atoms with van der Waals surface area (Å²) in [6, 6.07) is 13.2. The van der Waals surface area contributed by atoms with E-state index < -0.39 is 17.6 Å². The smallest absolute Gasteiger partial charge is 0.370 e. The maximum Gasteiger partial charge on any atom is 0.416 e. The molecule has 0 saturated carbocycles. The number of anilines is 4. The van der Waals surface area contributed by atoms with Crippen LogP contribution in [0.2, 0.25) is 0 Å². The normalized spacial score (nSPS) is 13.6. The predicted molar refractivity (Wildman–Crippen MR) is 143 cm³/mol. The summed E-state index contributed by atoms with van der Waals surface area (Å²) in [5.41, 5.74) is 1.79. The van der Waals surface area contributed by atoms with Gasteiger partial charge in [-0.25, -0.2) is 9.97 Å². The van der Waals surface area contributed by atoms with Gasteiger partial charge in [-0.1, -0.05) is 12.1 Å². The van der Waals surface area contributed by atoms with E-state index in [1.165, 1.54) is 18.5 Å². The van der Waals surface area contributed by atoms with E-state index in [-0.39, 0.29) is 5.56 Å². The Bertz CT molecular complexity index is 1500. The summed E-state index contributed by atoms with van der Waals surface area (Å²) in [4.78, 5) is 21.4. The molecule has 5 rings (SSSR count). The van der Waals surface area contributed by atoms with Gasteiger partial charge in [0.1, 0.15) is 18.0 Å². The molecule has 1 amide bonds. The summed E-state index contributed by atoms with van der Waals surface area (Å²) < 4.78 is 40.9. The molecule has 2 aromatic carbocycles.